The third-order valence-corrected chi connectivity index (χ3v) is 3.88. The van der Waals surface area contributed by atoms with Crippen LogP contribution in [0.25, 0.3) is 5.82 Å². The number of nitrogens with zero attached hydrogens (tertiary/aromatic N) is 3. The number of halogens is 1. The molecule has 0 saturated carbocycles. The lowest BCUT2D eigenvalue weighted by molar-refractivity contribution is 0.0952. The molecule has 1 amide bonds. The fraction of sp³-hybridized carbons (Fsp3) is 0.167. The molecule has 8 heteroatoms. The van der Waals surface area contributed by atoms with Crippen LogP contribution in [0.3, 0.4) is 0 Å². The summed E-state index contributed by atoms with van der Waals surface area (Å²) in [6.07, 6.45) is 5.31. The van der Waals surface area contributed by atoms with Crippen molar-refractivity contribution in [2.24, 2.45) is 0 Å². The Morgan fingerprint density at radius 3 is 2.77 bits per heavy atom. The molecule has 0 bridgehead atoms. The van der Waals surface area contributed by atoms with E-state index in [2.05, 4.69) is 20.6 Å². The highest BCUT2D eigenvalue weighted by Gasteiger charge is 2.12. The van der Waals surface area contributed by atoms with Gasteiger partial charge in [-0.3, -0.25) is 4.79 Å². The molecule has 2 aromatic heterocycles. The van der Waals surface area contributed by atoms with Gasteiger partial charge in [-0.05, 0) is 30.3 Å². The van der Waals surface area contributed by atoms with Crippen LogP contribution in [-0.2, 0) is 0 Å². The van der Waals surface area contributed by atoms with Crippen molar-refractivity contribution in [3.05, 3.63) is 65.7 Å². The predicted molar refractivity (Wildman–Crippen MR) is 100 cm³/mol. The van der Waals surface area contributed by atoms with Gasteiger partial charge in [0, 0.05) is 36.6 Å². The second kappa shape index (κ2) is 8.35. The van der Waals surface area contributed by atoms with E-state index in [9.17, 15) is 4.79 Å². The van der Waals surface area contributed by atoms with E-state index in [0.717, 1.165) is 5.82 Å². The zero-order valence-electron chi connectivity index (χ0n) is 14.1. The van der Waals surface area contributed by atoms with E-state index in [4.69, 9.17) is 16.3 Å². The number of carbonyl (C=O) groups is 1. The average molecular weight is 372 g/mol. The maximum absolute atomic E-state index is 12.3. The van der Waals surface area contributed by atoms with Gasteiger partial charge in [0.15, 0.2) is 0 Å². The Morgan fingerprint density at radius 2 is 2.00 bits per heavy atom. The molecule has 0 fully saturated rings. The molecule has 0 aliphatic rings. The molecule has 2 N–H and O–H groups in total. The summed E-state index contributed by atoms with van der Waals surface area (Å²) < 4.78 is 7.08. The summed E-state index contributed by atoms with van der Waals surface area (Å²) in [5.74, 6) is 1.67. The number of hydrogen-bond donors (Lipinski definition) is 2. The topological polar surface area (TPSA) is 81.1 Å². The molecule has 7 nitrogen and oxygen atoms in total. The van der Waals surface area contributed by atoms with E-state index in [1.54, 1.807) is 18.2 Å². The second-order valence-corrected chi connectivity index (χ2v) is 5.82. The van der Waals surface area contributed by atoms with Crippen molar-refractivity contribution in [2.45, 2.75) is 0 Å². The highest BCUT2D eigenvalue weighted by atomic mass is 35.5. The first-order valence-electron chi connectivity index (χ1n) is 7.98. The monoisotopic (exact) mass is 371 g/mol. The Balaban J connectivity index is 1.54. The van der Waals surface area contributed by atoms with Gasteiger partial charge in [0.1, 0.15) is 23.7 Å². The van der Waals surface area contributed by atoms with Gasteiger partial charge in [-0.2, -0.15) is 0 Å². The molecule has 0 spiro atoms. The molecule has 0 radical (unpaired) electrons. The van der Waals surface area contributed by atoms with Crippen LogP contribution in [-0.4, -0.2) is 40.6 Å². The number of amides is 1. The van der Waals surface area contributed by atoms with E-state index < -0.39 is 0 Å². The number of anilines is 1. The quantitative estimate of drug-likeness (QED) is 0.624. The van der Waals surface area contributed by atoms with Gasteiger partial charge in [0.25, 0.3) is 5.91 Å². The number of hydrogen-bond acceptors (Lipinski definition) is 5. The first-order chi connectivity index (χ1) is 12.7. The van der Waals surface area contributed by atoms with Crippen molar-refractivity contribution in [1.29, 1.82) is 0 Å². The summed E-state index contributed by atoms with van der Waals surface area (Å²) in [5, 5.41) is 6.46. The first-order valence-corrected chi connectivity index (χ1v) is 8.36. The fourth-order valence-electron chi connectivity index (χ4n) is 2.39. The summed E-state index contributed by atoms with van der Waals surface area (Å²) in [4.78, 5) is 20.7. The zero-order valence-corrected chi connectivity index (χ0v) is 14.9. The highest BCUT2D eigenvalue weighted by molar-refractivity contribution is 6.31. The summed E-state index contributed by atoms with van der Waals surface area (Å²) in [7, 11) is 1.51. The summed E-state index contributed by atoms with van der Waals surface area (Å²) in [6, 6.07) is 10.6. The number of aromatic nitrogens is 3. The van der Waals surface area contributed by atoms with Crippen LogP contribution in [0.15, 0.2) is 55.1 Å². The number of methoxy groups -OCH3 is 1. The Kier molecular flexibility index (Phi) is 5.70. The molecule has 0 unspecified atom stereocenters. The van der Waals surface area contributed by atoms with Gasteiger partial charge in [0.2, 0.25) is 0 Å². The molecular formula is C18H18ClN5O2. The minimum absolute atomic E-state index is 0.248. The van der Waals surface area contributed by atoms with E-state index in [1.807, 2.05) is 35.2 Å². The molecule has 134 valence electrons. The van der Waals surface area contributed by atoms with Crippen molar-refractivity contribution in [1.82, 2.24) is 19.9 Å². The lowest BCUT2D eigenvalue weighted by atomic mass is 10.2. The molecule has 0 saturated heterocycles. The first kappa shape index (κ1) is 17.8. The number of carbonyl (C=O) groups excluding carboxylic acids is 1. The van der Waals surface area contributed by atoms with Crippen LogP contribution in [0.5, 0.6) is 5.75 Å². The van der Waals surface area contributed by atoms with Crippen LogP contribution in [0, 0.1) is 0 Å². The van der Waals surface area contributed by atoms with Gasteiger partial charge >= 0.3 is 0 Å². The molecule has 26 heavy (non-hydrogen) atoms. The molecular weight excluding hydrogens is 354 g/mol. The molecule has 0 aliphatic carbocycles. The smallest absolute Gasteiger partial charge is 0.255 e. The third kappa shape index (κ3) is 4.31. The van der Waals surface area contributed by atoms with Crippen molar-refractivity contribution in [3.63, 3.8) is 0 Å². The average Bonchev–Trinajstić information content (AvgIpc) is 3.20. The van der Waals surface area contributed by atoms with Gasteiger partial charge < -0.3 is 19.9 Å². The lowest BCUT2D eigenvalue weighted by Gasteiger charge is -2.11. The molecule has 2 heterocycles. The van der Waals surface area contributed by atoms with Gasteiger partial charge in [-0.25, -0.2) is 9.97 Å². The van der Waals surface area contributed by atoms with Gasteiger partial charge in [0.05, 0.1) is 12.7 Å². The second-order valence-electron chi connectivity index (χ2n) is 5.38. The number of benzene rings is 1. The third-order valence-electron chi connectivity index (χ3n) is 3.64. The largest absolute Gasteiger partial charge is 0.496 e. The maximum atomic E-state index is 12.3. The number of nitrogens with one attached hydrogen (secondary N) is 2. The van der Waals surface area contributed by atoms with Crippen LogP contribution in [0.2, 0.25) is 5.02 Å². The lowest BCUT2D eigenvalue weighted by Crippen LogP contribution is -2.29. The minimum Gasteiger partial charge on any atom is -0.496 e. The molecule has 3 aromatic rings. The van der Waals surface area contributed by atoms with E-state index in [0.29, 0.717) is 35.2 Å². The van der Waals surface area contributed by atoms with Gasteiger partial charge in [-0.1, -0.05) is 11.6 Å². The summed E-state index contributed by atoms with van der Waals surface area (Å²) in [6.45, 7) is 0.925. The van der Waals surface area contributed by atoms with Gasteiger partial charge in [-0.15, -0.1) is 0 Å². The number of rotatable bonds is 7. The maximum Gasteiger partial charge on any atom is 0.255 e. The SMILES string of the molecule is COc1ccc(Cl)cc1C(=O)NCCNc1cc(-n2cccc2)ncn1. The molecule has 1 aromatic carbocycles. The van der Waals surface area contributed by atoms with Crippen molar-refractivity contribution in [2.75, 3.05) is 25.5 Å². The Morgan fingerprint density at radius 1 is 1.19 bits per heavy atom. The van der Waals surface area contributed by atoms with Crippen molar-refractivity contribution >= 4 is 23.3 Å². The van der Waals surface area contributed by atoms with Crippen molar-refractivity contribution < 1.29 is 9.53 Å². The zero-order chi connectivity index (χ0) is 18.4. The standard InChI is InChI=1S/C18H18ClN5O2/c1-26-15-5-4-13(19)10-14(15)18(25)21-7-6-20-16-11-17(23-12-22-16)24-8-2-3-9-24/h2-5,8-12H,6-7H2,1H3,(H,21,25)(H,20,22,23). The number of ether oxygens (including phenoxy) is 1. The Hall–Kier alpha value is -3.06. The summed E-state index contributed by atoms with van der Waals surface area (Å²) >= 11 is 5.95. The molecule has 3 rings (SSSR count). The minimum atomic E-state index is -0.248. The van der Waals surface area contributed by atoms with E-state index in [1.165, 1.54) is 13.4 Å². The predicted octanol–water partition coefficient (Wildman–Crippen LogP) is 2.77. The highest BCUT2D eigenvalue weighted by Crippen LogP contribution is 2.22. The molecule has 0 atom stereocenters. The van der Waals surface area contributed by atoms with Crippen LogP contribution in [0.1, 0.15) is 10.4 Å². The van der Waals surface area contributed by atoms with E-state index in [-0.39, 0.29) is 5.91 Å². The van der Waals surface area contributed by atoms with Crippen LogP contribution >= 0.6 is 11.6 Å². The Labute approximate surface area is 156 Å². The van der Waals surface area contributed by atoms with Crippen LogP contribution < -0.4 is 15.4 Å². The summed E-state index contributed by atoms with van der Waals surface area (Å²) in [5.41, 5.74) is 0.400. The fourth-order valence-corrected chi connectivity index (χ4v) is 2.56. The van der Waals surface area contributed by atoms with Crippen LogP contribution in [0.4, 0.5) is 5.82 Å². The molecule has 0 aliphatic heterocycles. The Bertz CT molecular complexity index is 883. The van der Waals surface area contributed by atoms with E-state index >= 15 is 0 Å². The normalized spacial score (nSPS) is 10.4. The van der Waals surface area contributed by atoms with Crippen molar-refractivity contribution in [3.8, 4) is 11.6 Å².